The zero-order valence-electron chi connectivity index (χ0n) is 12.1. The topological polar surface area (TPSA) is 28.2 Å². The number of pyridine rings is 1. The molecule has 104 valence electrons. The van der Waals surface area contributed by atoms with E-state index in [1.54, 1.807) is 0 Å². The molecule has 1 saturated heterocycles. The van der Waals surface area contributed by atoms with Crippen LogP contribution >= 0.6 is 0 Å². The van der Waals surface area contributed by atoms with Crippen molar-refractivity contribution in [2.75, 3.05) is 11.4 Å². The summed E-state index contributed by atoms with van der Waals surface area (Å²) in [7, 11) is 0. The third-order valence-electron chi connectivity index (χ3n) is 4.48. The van der Waals surface area contributed by atoms with Crippen molar-refractivity contribution in [2.24, 2.45) is 5.92 Å². The second kappa shape index (κ2) is 5.49. The van der Waals surface area contributed by atoms with Gasteiger partial charge in [0.05, 0.1) is 0 Å². The van der Waals surface area contributed by atoms with Crippen LogP contribution in [0, 0.1) is 5.92 Å². The molecule has 1 N–H and O–H groups in total. The molecule has 0 bridgehead atoms. The van der Waals surface area contributed by atoms with Gasteiger partial charge >= 0.3 is 0 Å². The molecule has 2 heterocycles. The van der Waals surface area contributed by atoms with Crippen molar-refractivity contribution in [3.63, 3.8) is 0 Å². The first-order valence-electron chi connectivity index (χ1n) is 7.67. The van der Waals surface area contributed by atoms with E-state index < -0.39 is 0 Å². The predicted molar refractivity (Wildman–Crippen MR) is 79.3 cm³/mol. The highest BCUT2D eigenvalue weighted by molar-refractivity contribution is 5.53. The fourth-order valence-electron chi connectivity index (χ4n) is 3.14. The molecule has 1 aliphatic heterocycles. The number of hydrogen-bond donors (Lipinski definition) is 1. The lowest BCUT2D eigenvalue weighted by molar-refractivity contribution is 0.377. The van der Waals surface area contributed by atoms with Crippen LogP contribution in [0.5, 0.6) is 0 Å². The van der Waals surface area contributed by atoms with E-state index in [1.807, 2.05) is 12.4 Å². The summed E-state index contributed by atoms with van der Waals surface area (Å²) in [6.45, 7) is 6.87. The van der Waals surface area contributed by atoms with Crippen molar-refractivity contribution in [1.29, 1.82) is 0 Å². The van der Waals surface area contributed by atoms with E-state index in [-0.39, 0.29) is 0 Å². The normalized spacial score (nSPS) is 27.6. The average Bonchev–Trinajstić information content (AvgIpc) is 3.21. The molecule has 0 aromatic carbocycles. The number of anilines is 1. The maximum atomic E-state index is 4.31. The highest BCUT2D eigenvalue weighted by Gasteiger charge is 2.25. The molecule has 1 aromatic heterocycles. The monoisotopic (exact) mass is 259 g/mol. The summed E-state index contributed by atoms with van der Waals surface area (Å²) in [6, 6.07) is 3.59. The van der Waals surface area contributed by atoms with Crippen molar-refractivity contribution in [3.05, 3.63) is 24.0 Å². The Morgan fingerprint density at radius 1 is 1.32 bits per heavy atom. The Hall–Kier alpha value is -1.09. The lowest BCUT2D eigenvalue weighted by Crippen LogP contribution is -2.41. The number of hydrogen-bond acceptors (Lipinski definition) is 3. The van der Waals surface area contributed by atoms with Crippen LogP contribution in [0.3, 0.4) is 0 Å². The molecule has 19 heavy (non-hydrogen) atoms. The zero-order valence-corrected chi connectivity index (χ0v) is 12.1. The number of nitrogens with one attached hydrogen (secondary N) is 1. The lowest BCUT2D eigenvalue weighted by atomic mass is 9.92. The summed E-state index contributed by atoms with van der Waals surface area (Å²) in [4.78, 5) is 6.89. The van der Waals surface area contributed by atoms with Crippen molar-refractivity contribution in [1.82, 2.24) is 10.3 Å². The van der Waals surface area contributed by atoms with Gasteiger partial charge in [-0.2, -0.15) is 0 Å². The quantitative estimate of drug-likeness (QED) is 0.901. The Balaban J connectivity index is 1.74. The maximum absolute atomic E-state index is 4.31. The molecular formula is C16H25N3. The number of rotatable bonds is 4. The molecule has 3 rings (SSSR count). The minimum atomic E-state index is 0.644. The van der Waals surface area contributed by atoms with E-state index in [4.69, 9.17) is 0 Å². The summed E-state index contributed by atoms with van der Waals surface area (Å²) >= 11 is 0. The second-order valence-electron chi connectivity index (χ2n) is 6.33. The average molecular weight is 259 g/mol. The van der Waals surface area contributed by atoms with Gasteiger partial charge in [-0.05, 0) is 44.6 Å². The lowest BCUT2D eigenvalue weighted by Gasteiger charge is -2.39. The maximum Gasteiger partial charge on any atom is 0.0445 e. The van der Waals surface area contributed by atoms with Crippen LogP contribution in [0.25, 0.3) is 0 Å². The highest BCUT2D eigenvalue weighted by Crippen LogP contribution is 2.30. The molecule has 2 atom stereocenters. The van der Waals surface area contributed by atoms with Crippen LogP contribution in [0.4, 0.5) is 5.69 Å². The van der Waals surface area contributed by atoms with Gasteiger partial charge in [-0.15, -0.1) is 0 Å². The largest absolute Gasteiger partial charge is 0.368 e. The Kier molecular flexibility index (Phi) is 3.74. The molecule has 2 fully saturated rings. The predicted octanol–water partition coefficient (Wildman–Crippen LogP) is 2.96. The molecule has 1 saturated carbocycles. The molecule has 2 unspecified atom stereocenters. The number of aromatic nitrogens is 1. The van der Waals surface area contributed by atoms with E-state index in [1.165, 1.54) is 43.5 Å². The van der Waals surface area contributed by atoms with E-state index >= 15 is 0 Å². The molecular weight excluding hydrogens is 234 g/mol. The third kappa shape index (κ3) is 3.08. The van der Waals surface area contributed by atoms with Gasteiger partial charge in [-0.1, -0.05) is 6.92 Å². The minimum Gasteiger partial charge on any atom is -0.368 e. The van der Waals surface area contributed by atoms with Crippen LogP contribution in [-0.4, -0.2) is 23.6 Å². The van der Waals surface area contributed by atoms with Gasteiger partial charge in [0.15, 0.2) is 0 Å². The van der Waals surface area contributed by atoms with Crippen molar-refractivity contribution >= 4 is 5.69 Å². The fraction of sp³-hybridized carbons (Fsp3) is 0.688. The van der Waals surface area contributed by atoms with Gasteiger partial charge in [-0.3, -0.25) is 4.98 Å². The first kappa shape index (κ1) is 12.9. The Bertz CT molecular complexity index is 428. The van der Waals surface area contributed by atoms with Gasteiger partial charge in [0.25, 0.3) is 0 Å². The SMILES string of the molecule is CC1CCN(c2ccncc2CNC2CC2)C(C)C1. The summed E-state index contributed by atoms with van der Waals surface area (Å²) in [5.74, 6) is 0.862. The molecule has 0 radical (unpaired) electrons. The minimum absolute atomic E-state index is 0.644. The van der Waals surface area contributed by atoms with Crippen LogP contribution in [-0.2, 0) is 6.54 Å². The molecule has 3 heteroatoms. The summed E-state index contributed by atoms with van der Waals surface area (Å²) in [6.07, 6.45) is 9.26. The smallest absolute Gasteiger partial charge is 0.0445 e. The van der Waals surface area contributed by atoms with Crippen molar-refractivity contribution < 1.29 is 0 Å². The Labute approximate surface area is 116 Å². The van der Waals surface area contributed by atoms with Crippen molar-refractivity contribution in [3.8, 4) is 0 Å². The van der Waals surface area contributed by atoms with Crippen LogP contribution in [0.1, 0.15) is 45.1 Å². The summed E-state index contributed by atoms with van der Waals surface area (Å²) in [5.41, 5.74) is 2.75. The van der Waals surface area contributed by atoms with Crippen LogP contribution in [0.15, 0.2) is 18.5 Å². The molecule has 1 aliphatic carbocycles. The zero-order chi connectivity index (χ0) is 13.2. The van der Waals surface area contributed by atoms with Gasteiger partial charge in [0, 0.05) is 48.8 Å². The second-order valence-corrected chi connectivity index (χ2v) is 6.33. The fourth-order valence-corrected chi connectivity index (χ4v) is 3.14. The van der Waals surface area contributed by atoms with Crippen LogP contribution in [0.2, 0.25) is 0 Å². The first-order chi connectivity index (χ1) is 9.24. The van der Waals surface area contributed by atoms with E-state index in [9.17, 15) is 0 Å². The van der Waals surface area contributed by atoms with Crippen LogP contribution < -0.4 is 10.2 Å². The number of piperidine rings is 1. The van der Waals surface area contributed by atoms with Gasteiger partial charge < -0.3 is 10.2 Å². The van der Waals surface area contributed by atoms with Gasteiger partial charge in [0.2, 0.25) is 0 Å². The standard InChI is InChI=1S/C16H25N3/c1-12-6-8-19(13(2)9-12)16-5-7-17-10-14(16)11-18-15-3-4-15/h5,7,10,12-13,15,18H,3-4,6,8-9,11H2,1-2H3. The number of nitrogens with zero attached hydrogens (tertiary/aromatic N) is 2. The van der Waals surface area contributed by atoms with E-state index in [0.717, 1.165) is 18.5 Å². The molecule has 0 spiro atoms. The summed E-state index contributed by atoms with van der Waals surface area (Å²) < 4.78 is 0. The van der Waals surface area contributed by atoms with Gasteiger partial charge in [0.1, 0.15) is 0 Å². The third-order valence-corrected chi connectivity index (χ3v) is 4.48. The Morgan fingerprint density at radius 3 is 2.89 bits per heavy atom. The molecule has 1 aromatic rings. The molecule has 3 nitrogen and oxygen atoms in total. The van der Waals surface area contributed by atoms with E-state index in [0.29, 0.717) is 6.04 Å². The Morgan fingerprint density at radius 2 is 2.16 bits per heavy atom. The highest BCUT2D eigenvalue weighted by atomic mass is 15.2. The summed E-state index contributed by atoms with van der Waals surface area (Å²) in [5, 5.41) is 3.61. The van der Waals surface area contributed by atoms with Crippen molar-refractivity contribution in [2.45, 2.75) is 58.2 Å². The molecule has 2 aliphatic rings. The van der Waals surface area contributed by atoms with Gasteiger partial charge in [-0.25, -0.2) is 0 Å². The molecule has 0 amide bonds. The van der Waals surface area contributed by atoms with E-state index in [2.05, 4.69) is 35.1 Å². The first-order valence-corrected chi connectivity index (χ1v) is 7.67.